The molecule has 9 heteroatoms. The molecule has 288 valence electrons. The van der Waals surface area contributed by atoms with Gasteiger partial charge in [0.2, 0.25) is 11.7 Å². The molecule has 0 aliphatic heterocycles. The van der Waals surface area contributed by atoms with E-state index in [1.807, 2.05) is 27.7 Å². The van der Waals surface area contributed by atoms with E-state index >= 15 is 0 Å². The molecule has 3 aliphatic rings. The van der Waals surface area contributed by atoms with Crippen molar-refractivity contribution in [3.63, 3.8) is 0 Å². The first kappa shape index (κ1) is 43.0. The number of fused-ring (bicyclic) bond motifs is 1. The Balaban J connectivity index is 1.27. The Morgan fingerprint density at radius 2 is 1.46 bits per heavy atom. The summed E-state index contributed by atoms with van der Waals surface area (Å²) in [5, 5.41) is 6.17. The third-order valence-corrected chi connectivity index (χ3v) is 12.6. The summed E-state index contributed by atoms with van der Waals surface area (Å²) in [5.74, 6) is 1.90. The van der Waals surface area contributed by atoms with E-state index in [2.05, 4.69) is 24.5 Å². The highest BCUT2D eigenvalue weighted by Crippen LogP contribution is 2.62. The van der Waals surface area contributed by atoms with Gasteiger partial charge in [0.15, 0.2) is 5.78 Å². The molecule has 3 fully saturated rings. The fourth-order valence-corrected chi connectivity index (χ4v) is 9.45. The fraction of sp³-hybridized carbons (Fsp3) is 0.927. The molecule has 5 atom stereocenters. The first-order chi connectivity index (χ1) is 23.8. The molecule has 50 heavy (non-hydrogen) atoms. The minimum Gasteiger partial charge on any atom is -0.427 e. The number of ether oxygens (including phenoxy) is 1. The van der Waals surface area contributed by atoms with Gasteiger partial charge in [-0.1, -0.05) is 90.9 Å². The van der Waals surface area contributed by atoms with Crippen LogP contribution in [0.3, 0.4) is 0 Å². The van der Waals surface area contributed by atoms with Crippen LogP contribution in [-0.2, 0) is 19.0 Å². The maximum Gasteiger partial charge on any atom is 0.380 e. The lowest BCUT2D eigenvalue weighted by atomic mass is 9.43. The summed E-state index contributed by atoms with van der Waals surface area (Å²) in [6, 6.07) is -0.414. The van der Waals surface area contributed by atoms with Crippen molar-refractivity contribution in [3.8, 4) is 0 Å². The summed E-state index contributed by atoms with van der Waals surface area (Å²) >= 11 is 0. The summed E-state index contributed by atoms with van der Waals surface area (Å²) in [5.41, 5.74) is 5.43. The Kier molecular flexibility index (Phi) is 18.3. The number of amides is 2. The van der Waals surface area contributed by atoms with Crippen LogP contribution < -0.4 is 16.4 Å². The number of hydrogen-bond donors (Lipinski definition) is 3. The molecule has 0 aromatic rings. The molecule has 0 saturated heterocycles. The molecule has 4 N–H and O–H groups in total. The molecule has 0 radical (unpaired) electrons. The van der Waals surface area contributed by atoms with E-state index in [0.717, 1.165) is 32.1 Å². The van der Waals surface area contributed by atoms with Gasteiger partial charge in [-0.25, -0.2) is 0 Å². The Morgan fingerprint density at radius 3 is 2.10 bits per heavy atom. The Hall–Kier alpha value is -1.45. The van der Waals surface area contributed by atoms with Crippen LogP contribution in [0.25, 0.3) is 0 Å². The van der Waals surface area contributed by atoms with Crippen molar-refractivity contribution >= 4 is 25.0 Å². The lowest BCUT2D eigenvalue weighted by Crippen LogP contribution is -2.62. The summed E-state index contributed by atoms with van der Waals surface area (Å²) in [6.45, 7) is 13.6. The molecule has 8 nitrogen and oxygen atoms in total. The van der Waals surface area contributed by atoms with Gasteiger partial charge in [-0.2, -0.15) is 0 Å². The van der Waals surface area contributed by atoms with Crippen LogP contribution in [0.15, 0.2) is 0 Å². The quantitative estimate of drug-likeness (QED) is 0.0918. The summed E-state index contributed by atoms with van der Waals surface area (Å²) in [7, 11) is 0.111. The van der Waals surface area contributed by atoms with E-state index in [0.29, 0.717) is 56.6 Å². The van der Waals surface area contributed by atoms with E-state index < -0.39 is 17.2 Å². The second-order valence-corrected chi connectivity index (χ2v) is 17.7. The average molecular weight is 702 g/mol. The molecule has 0 aromatic heterocycles. The molecule has 0 heterocycles. The number of rotatable bonds is 19. The lowest BCUT2D eigenvalue weighted by molar-refractivity contribution is -0.166. The molecule has 0 spiro atoms. The average Bonchev–Trinajstić information content (AvgIpc) is 3.27. The van der Waals surface area contributed by atoms with Gasteiger partial charge in [0.05, 0.1) is 11.6 Å². The number of carbonyl (C=O) groups is 3. The first-order valence-corrected chi connectivity index (χ1v) is 20.9. The highest BCUT2D eigenvalue weighted by Gasteiger charge is 2.61. The Labute approximate surface area is 306 Å². The largest absolute Gasteiger partial charge is 0.427 e. The van der Waals surface area contributed by atoms with E-state index in [1.165, 1.54) is 83.5 Å². The molecular weight excluding hydrogens is 625 g/mol. The number of hydrogen-bond acceptors (Lipinski definition) is 6. The SMILES string of the molecule is CCC1C2CCCCCCCC2C1(C)C(=O)C(N)CCCCNC(=O)CCC(C)(C)OCCC(C)(C)NC(=O)BOC1CCCCCCCC1. The second kappa shape index (κ2) is 21.3. The van der Waals surface area contributed by atoms with Crippen LogP contribution in [0, 0.1) is 23.2 Å². The number of unbranched alkanes of at least 4 members (excludes halogenated alkanes) is 1. The zero-order valence-corrected chi connectivity index (χ0v) is 33.2. The second-order valence-electron chi connectivity index (χ2n) is 17.7. The summed E-state index contributed by atoms with van der Waals surface area (Å²) in [6.07, 6.45) is 23.9. The smallest absolute Gasteiger partial charge is 0.380 e. The van der Waals surface area contributed by atoms with Gasteiger partial charge in [-0.05, 0) is 103 Å². The van der Waals surface area contributed by atoms with E-state index in [-0.39, 0.29) is 36.5 Å². The van der Waals surface area contributed by atoms with Gasteiger partial charge < -0.3 is 25.8 Å². The minimum absolute atomic E-state index is 0.0218. The minimum atomic E-state index is -0.451. The summed E-state index contributed by atoms with van der Waals surface area (Å²) in [4.78, 5) is 39.1. The maximum atomic E-state index is 13.8. The van der Waals surface area contributed by atoms with Crippen LogP contribution in [0.5, 0.6) is 0 Å². The van der Waals surface area contributed by atoms with Gasteiger partial charge in [-0.3, -0.25) is 14.4 Å². The third-order valence-electron chi connectivity index (χ3n) is 12.6. The zero-order chi connectivity index (χ0) is 36.6. The van der Waals surface area contributed by atoms with Crippen LogP contribution in [0.4, 0.5) is 4.79 Å². The van der Waals surface area contributed by atoms with Gasteiger partial charge in [0.1, 0.15) is 0 Å². The van der Waals surface area contributed by atoms with Crippen molar-refractivity contribution in [1.29, 1.82) is 0 Å². The zero-order valence-electron chi connectivity index (χ0n) is 33.2. The molecule has 3 aliphatic carbocycles. The topological polar surface area (TPSA) is 120 Å². The Bertz CT molecular complexity index is 1030. The molecule has 2 amide bonds. The van der Waals surface area contributed by atoms with Crippen LogP contribution in [0.1, 0.15) is 183 Å². The molecule has 5 unspecified atom stereocenters. The van der Waals surface area contributed by atoms with E-state index in [4.69, 9.17) is 15.1 Å². The van der Waals surface area contributed by atoms with Gasteiger partial charge >= 0.3 is 7.48 Å². The van der Waals surface area contributed by atoms with Gasteiger partial charge in [0, 0.05) is 36.6 Å². The molecule has 0 bridgehead atoms. The van der Waals surface area contributed by atoms with Crippen LogP contribution in [-0.4, -0.2) is 61.4 Å². The highest BCUT2D eigenvalue weighted by atomic mass is 16.5. The Morgan fingerprint density at radius 1 is 0.860 bits per heavy atom. The van der Waals surface area contributed by atoms with Crippen molar-refractivity contribution in [2.24, 2.45) is 28.9 Å². The van der Waals surface area contributed by atoms with Crippen molar-refractivity contribution < 1.29 is 23.8 Å². The van der Waals surface area contributed by atoms with Crippen molar-refractivity contribution in [1.82, 2.24) is 10.6 Å². The monoisotopic (exact) mass is 702 g/mol. The van der Waals surface area contributed by atoms with Crippen molar-refractivity contribution in [2.75, 3.05) is 13.2 Å². The normalized spacial score (nSPS) is 26.3. The standard InChI is InChI=1S/C41H76BN3O5/c1-7-33-32-23-17-13-10-14-18-24-34(32)41(33,6)37(47)35(43)25-19-20-29-44-36(46)26-27-40(4,5)49-30-28-39(2,3)45-38(48)42-50-31-21-15-11-8-9-12-16-22-31/h31-35,42H,7-30,43H2,1-6H3,(H,44,46)(H,45,48). The predicted octanol–water partition coefficient (Wildman–Crippen LogP) is 8.52. The summed E-state index contributed by atoms with van der Waals surface area (Å²) < 4.78 is 12.2. The number of ketones is 1. The maximum absolute atomic E-state index is 13.8. The first-order valence-electron chi connectivity index (χ1n) is 20.9. The number of Topliss-reactive ketones (excluding diaryl/α,β-unsaturated/α-hetero) is 1. The third kappa shape index (κ3) is 13.8. The molecule has 3 saturated carbocycles. The molecule has 3 rings (SSSR count). The van der Waals surface area contributed by atoms with Crippen molar-refractivity contribution in [3.05, 3.63) is 0 Å². The number of nitrogens with two attached hydrogens (primary N) is 1. The van der Waals surface area contributed by atoms with Crippen molar-refractivity contribution in [2.45, 2.75) is 206 Å². The van der Waals surface area contributed by atoms with Gasteiger partial charge in [0.25, 0.3) is 0 Å². The van der Waals surface area contributed by atoms with Crippen LogP contribution >= 0.6 is 0 Å². The van der Waals surface area contributed by atoms with E-state index in [1.54, 1.807) is 0 Å². The predicted molar refractivity (Wildman–Crippen MR) is 206 cm³/mol. The van der Waals surface area contributed by atoms with Crippen LogP contribution in [0.2, 0.25) is 0 Å². The van der Waals surface area contributed by atoms with E-state index in [9.17, 15) is 14.4 Å². The molecular formula is C41H76BN3O5. The lowest BCUT2D eigenvalue weighted by Gasteiger charge is -2.60. The van der Waals surface area contributed by atoms with Gasteiger partial charge in [-0.15, -0.1) is 0 Å². The number of nitrogens with one attached hydrogen (secondary N) is 2. The highest BCUT2D eigenvalue weighted by molar-refractivity contribution is 6.68. The number of carbonyl (C=O) groups excluding carboxylic acids is 3. The fourth-order valence-electron chi connectivity index (χ4n) is 9.45. The molecule has 0 aromatic carbocycles.